The van der Waals surface area contributed by atoms with Crippen LogP contribution >= 0.6 is 0 Å². The van der Waals surface area contributed by atoms with Crippen molar-refractivity contribution in [2.24, 2.45) is 10.9 Å². The van der Waals surface area contributed by atoms with Gasteiger partial charge >= 0.3 is 5.97 Å². The van der Waals surface area contributed by atoms with Crippen molar-refractivity contribution >= 4 is 11.9 Å². The van der Waals surface area contributed by atoms with E-state index in [0.29, 0.717) is 6.54 Å². The first-order valence-corrected chi connectivity index (χ1v) is 8.30. The van der Waals surface area contributed by atoms with E-state index < -0.39 is 0 Å². The number of hydrogen-bond acceptors (Lipinski definition) is 5. The van der Waals surface area contributed by atoms with E-state index in [0.717, 1.165) is 37.7 Å². The molecule has 1 aliphatic rings. The number of methoxy groups -OCH3 is 1. The van der Waals surface area contributed by atoms with Crippen LogP contribution in [0.15, 0.2) is 27.8 Å². The summed E-state index contributed by atoms with van der Waals surface area (Å²) in [5, 5.41) is 3.42. The molecule has 0 saturated carbocycles. The lowest BCUT2D eigenvalue weighted by Crippen LogP contribution is -2.48. The fourth-order valence-electron chi connectivity index (χ4n) is 3.03. The third-order valence-corrected chi connectivity index (χ3v) is 4.49. The molecule has 2 rings (SSSR count). The minimum absolute atomic E-state index is 0.00185. The lowest BCUT2D eigenvalue weighted by atomic mass is 9.97. The number of aliphatic imine (C=N–C) groups is 1. The normalized spacial score (nSPS) is 17.9. The van der Waals surface area contributed by atoms with Gasteiger partial charge in [-0.25, -0.2) is 0 Å². The zero-order valence-electron chi connectivity index (χ0n) is 15.0. The van der Waals surface area contributed by atoms with Crippen LogP contribution in [0.3, 0.4) is 0 Å². The van der Waals surface area contributed by atoms with Gasteiger partial charge in [0.05, 0.1) is 25.3 Å². The van der Waals surface area contributed by atoms with Crippen LogP contribution in [-0.4, -0.2) is 69.6 Å². The summed E-state index contributed by atoms with van der Waals surface area (Å²) >= 11 is 0. The summed E-state index contributed by atoms with van der Waals surface area (Å²) in [4.78, 5) is 20.3. The van der Waals surface area contributed by atoms with Crippen LogP contribution in [0, 0.1) is 5.92 Å². The number of likely N-dealkylation sites (tertiary alicyclic amines) is 1. The van der Waals surface area contributed by atoms with Crippen LogP contribution in [0.1, 0.15) is 24.6 Å². The first-order chi connectivity index (χ1) is 11.6. The molecule has 1 aromatic rings. The monoisotopic (exact) mass is 336 g/mol. The highest BCUT2D eigenvalue weighted by molar-refractivity contribution is 5.80. The van der Waals surface area contributed by atoms with Crippen LogP contribution in [0.25, 0.3) is 0 Å². The van der Waals surface area contributed by atoms with Crippen LogP contribution in [0.2, 0.25) is 0 Å². The zero-order valence-corrected chi connectivity index (χ0v) is 15.0. The van der Waals surface area contributed by atoms with Crippen LogP contribution in [0.4, 0.5) is 0 Å². The highest BCUT2D eigenvalue weighted by atomic mass is 16.5. The molecule has 0 radical (unpaired) electrons. The molecule has 1 fully saturated rings. The number of guanidine groups is 1. The Morgan fingerprint density at radius 3 is 2.71 bits per heavy atom. The van der Waals surface area contributed by atoms with Gasteiger partial charge in [0.15, 0.2) is 5.96 Å². The summed E-state index contributed by atoms with van der Waals surface area (Å²) in [5.41, 5.74) is 0. The Hall–Kier alpha value is -2.02. The summed E-state index contributed by atoms with van der Waals surface area (Å²) in [7, 11) is 7.29. The van der Waals surface area contributed by atoms with E-state index in [1.807, 2.05) is 26.2 Å². The fraction of sp³-hybridized carbons (Fsp3) is 0.647. The second kappa shape index (κ2) is 8.73. The van der Waals surface area contributed by atoms with Crippen LogP contribution < -0.4 is 5.32 Å². The quantitative estimate of drug-likeness (QED) is 0.497. The van der Waals surface area contributed by atoms with E-state index in [2.05, 4.69) is 20.1 Å². The van der Waals surface area contributed by atoms with E-state index in [-0.39, 0.29) is 17.9 Å². The number of ether oxygens (including phenoxy) is 1. The highest BCUT2D eigenvalue weighted by Gasteiger charge is 2.27. The Labute approximate surface area is 143 Å². The van der Waals surface area contributed by atoms with Crippen molar-refractivity contribution in [3.05, 3.63) is 24.2 Å². The van der Waals surface area contributed by atoms with E-state index in [1.54, 1.807) is 13.3 Å². The number of likely N-dealkylation sites (N-methyl/N-ethyl adjacent to an activating group) is 1. The molecule has 1 atom stereocenters. The Bertz CT molecular complexity index is 534. The van der Waals surface area contributed by atoms with Crippen molar-refractivity contribution in [3.63, 3.8) is 0 Å². The minimum Gasteiger partial charge on any atom is -0.469 e. The van der Waals surface area contributed by atoms with Crippen LogP contribution in [-0.2, 0) is 9.53 Å². The fourth-order valence-corrected chi connectivity index (χ4v) is 3.03. The third-order valence-electron chi connectivity index (χ3n) is 4.49. The van der Waals surface area contributed by atoms with Gasteiger partial charge in [0.1, 0.15) is 5.76 Å². The third kappa shape index (κ3) is 4.50. The predicted molar refractivity (Wildman–Crippen MR) is 92.8 cm³/mol. The predicted octanol–water partition coefficient (Wildman–Crippen LogP) is 1.34. The number of furan rings is 1. The summed E-state index contributed by atoms with van der Waals surface area (Å²) in [5.74, 6) is 1.68. The maximum atomic E-state index is 11.6. The molecule has 0 bridgehead atoms. The summed E-state index contributed by atoms with van der Waals surface area (Å²) in [6.45, 7) is 2.30. The van der Waals surface area contributed by atoms with Gasteiger partial charge in [-0.3, -0.25) is 14.7 Å². The van der Waals surface area contributed by atoms with Gasteiger partial charge in [-0.1, -0.05) is 0 Å². The Morgan fingerprint density at radius 1 is 1.50 bits per heavy atom. The molecule has 0 aromatic carbocycles. The molecule has 1 saturated heterocycles. The molecular formula is C17H28N4O3. The number of nitrogens with one attached hydrogen (secondary N) is 1. The zero-order chi connectivity index (χ0) is 17.5. The van der Waals surface area contributed by atoms with E-state index in [4.69, 9.17) is 9.15 Å². The van der Waals surface area contributed by atoms with Crippen molar-refractivity contribution < 1.29 is 13.9 Å². The average Bonchev–Trinajstić information content (AvgIpc) is 3.12. The number of rotatable bonds is 5. The molecular weight excluding hydrogens is 308 g/mol. The maximum Gasteiger partial charge on any atom is 0.308 e. The Kier molecular flexibility index (Phi) is 6.66. The van der Waals surface area contributed by atoms with Crippen LogP contribution in [0.5, 0.6) is 0 Å². The van der Waals surface area contributed by atoms with E-state index in [1.165, 1.54) is 7.11 Å². The lowest BCUT2D eigenvalue weighted by molar-refractivity contribution is -0.146. The molecule has 2 heterocycles. The number of nitrogens with zero attached hydrogens (tertiary/aromatic N) is 3. The van der Waals surface area contributed by atoms with Crippen molar-refractivity contribution in [2.75, 3.05) is 47.9 Å². The van der Waals surface area contributed by atoms with Gasteiger partial charge < -0.3 is 19.4 Å². The van der Waals surface area contributed by atoms with Gasteiger partial charge in [-0.15, -0.1) is 0 Å². The summed E-state index contributed by atoms with van der Waals surface area (Å²) < 4.78 is 10.4. The van der Waals surface area contributed by atoms with Crippen molar-refractivity contribution in [1.29, 1.82) is 0 Å². The number of hydrogen-bond donors (Lipinski definition) is 1. The molecule has 1 unspecified atom stereocenters. The smallest absolute Gasteiger partial charge is 0.308 e. The van der Waals surface area contributed by atoms with Gasteiger partial charge in [0, 0.05) is 26.7 Å². The molecule has 1 aliphatic heterocycles. The van der Waals surface area contributed by atoms with Gasteiger partial charge in [0.25, 0.3) is 0 Å². The second-order valence-corrected chi connectivity index (χ2v) is 6.21. The van der Waals surface area contributed by atoms with Gasteiger partial charge in [-0.05, 0) is 39.1 Å². The molecule has 0 spiro atoms. The van der Waals surface area contributed by atoms with Gasteiger partial charge in [0.2, 0.25) is 0 Å². The van der Waals surface area contributed by atoms with Crippen molar-refractivity contribution in [1.82, 2.24) is 15.1 Å². The molecule has 7 heteroatoms. The topological polar surface area (TPSA) is 70.3 Å². The lowest BCUT2D eigenvalue weighted by Gasteiger charge is -2.34. The molecule has 24 heavy (non-hydrogen) atoms. The highest BCUT2D eigenvalue weighted by Crippen LogP contribution is 2.20. The van der Waals surface area contributed by atoms with Crippen molar-refractivity contribution in [3.8, 4) is 0 Å². The standard InChI is InChI=1S/C17H28N4O3/c1-18-17(21-9-7-13(8-10-21)16(22)23-4)19-12-14(20(2)3)15-6-5-11-24-15/h5-6,11,13-14H,7-10,12H2,1-4H3,(H,18,19). The maximum absolute atomic E-state index is 11.6. The van der Waals surface area contributed by atoms with E-state index in [9.17, 15) is 4.79 Å². The molecule has 1 N–H and O–H groups in total. The number of piperidine rings is 1. The van der Waals surface area contributed by atoms with E-state index >= 15 is 0 Å². The Morgan fingerprint density at radius 2 is 2.21 bits per heavy atom. The molecule has 7 nitrogen and oxygen atoms in total. The molecule has 134 valence electrons. The first-order valence-electron chi connectivity index (χ1n) is 8.30. The largest absolute Gasteiger partial charge is 0.469 e. The minimum atomic E-state index is -0.108. The molecule has 0 aliphatic carbocycles. The number of carbonyl (C=O) groups excluding carboxylic acids is 1. The second-order valence-electron chi connectivity index (χ2n) is 6.21. The first kappa shape index (κ1) is 18.3. The Balaban J connectivity index is 1.90. The number of esters is 1. The summed E-state index contributed by atoms with van der Waals surface area (Å²) in [6.07, 6.45) is 3.28. The SMILES string of the molecule is CN=C(NCC(c1ccco1)N(C)C)N1CCC(C(=O)OC)CC1. The van der Waals surface area contributed by atoms with Crippen molar-refractivity contribution in [2.45, 2.75) is 18.9 Å². The summed E-state index contributed by atoms with van der Waals surface area (Å²) in [6, 6.07) is 4.01. The molecule has 1 aromatic heterocycles. The number of carbonyl (C=O) groups is 1. The average molecular weight is 336 g/mol. The molecule has 0 amide bonds. The van der Waals surface area contributed by atoms with Gasteiger partial charge in [-0.2, -0.15) is 0 Å².